The van der Waals surface area contributed by atoms with Crippen molar-refractivity contribution in [3.05, 3.63) is 59.4 Å². The minimum Gasteiger partial charge on any atom is -0.495 e. The van der Waals surface area contributed by atoms with Crippen LogP contribution in [-0.4, -0.2) is 26.6 Å². The van der Waals surface area contributed by atoms with E-state index < -0.39 is 21.8 Å². The van der Waals surface area contributed by atoms with Crippen molar-refractivity contribution in [2.75, 3.05) is 7.11 Å². The first kappa shape index (κ1) is 17.9. The fourth-order valence-electron chi connectivity index (χ4n) is 2.12. The van der Waals surface area contributed by atoms with Crippen LogP contribution in [0.25, 0.3) is 0 Å². The van der Waals surface area contributed by atoms with Crippen LogP contribution in [0.2, 0.25) is 0 Å². The topological polar surface area (TPSA) is 92.7 Å². The molecule has 0 aliphatic carbocycles. The number of sulfonamides is 1. The Kier molecular flexibility index (Phi) is 5.53. The zero-order valence-electron chi connectivity index (χ0n) is 12.8. The number of carboxylic acid groups (broad SMARTS) is 1. The second-order valence-electron chi connectivity index (χ2n) is 5.01. The van der Waals surface area contributed by atoms with Gasteiger partial charge in [0.1, 0.15) is 16.5 Å². The first-order valence-corrected chi connectivity index (χ1v) is 8.43. The lowest BCUT2D eigenvalue weighted by Gasteiger charge is -2.12. The lowest BCUT2D eigenvalue weighted by molar-refractivity contribution is -0.136. The van der Waals surface area contributed by atoms with E-state index in [1.54, 1.807) is 6.07 Å². The molecule has 0 aliphatic rings. The van der Waals surface area contributed by atoms with E-state index in [2.05, 4.69) is 4.72 Å². The Morgan fingerprint density at radius 2 is 1.96 bits per heavy atom. The van der Waals surface area contributed by atoms with Gasteiger partial charge >= 0.3 is 5.97 Å². The molecule has 2 N–H and O–H groups in total. The fraction of sp³-hybridized carbons (Fsp3) is 0.188. The Balaban J connectivity index is 2.28. The van der Waals surface area contributed by atoms with Gasteiger partial charge in [-0.3, -0.25) is 4.79 Å². The molecule has 0 unspecified atom stereocenters. The molecule has 0 atom stereocenters. The van der Waals surface area contributed by atoms with Crippen molar-refractivity contribution in [2.45, 2.75) is 17.9 Å². The van der Waals surface area contributed by atoms with E-state index in [-0.39, 0.29) is 23.6 Å². The van der Waals surface area contributed by atoms with Crippen LogP contribution in [0.1, 0.15) is 11.1 Å². The number of carbonyl (C=O) groups is 1. The molecule has 24 heavy (non-hydrogen) atoms. The van der Waals surface area contributed by atoms with Crippen molar-refractivity contribution in [2.24, 2.45) is 0 Å². The molecule has 0 aliphatic heterocycles. The molecule has 0 radical (unpaired) electrons. The monoisotopic (exact) mass is 353 g/mol. The number of aliphatic carboxylic acids is 1. The quantitative estimate of drug-likeness (QED) is 0.794. The molecule has 6 nitrogen and oxygen atoms in total. The highest BCUT2D eigenvalue weighted by atomic mass is 32.2. The molecule has 0 amide bonds. The molecule has 0 saturated carbocycles. The summed E-state index contributed by atoms with van der Waals surface area (Å²) in [4.78, 5) is 10.6. The van der Waals surface area contributed by atoms with Crippen LogP contribution < -0.4 is 9.46 Å². The Morgan fingerprint density at radius 3 is 2.58 bits per heavy atom. The van der Waals surface area contributed by atoms with Crippen molar-refractivity contribution in [1.82, 2.24) is 4.72 Å². The summed E-state index contributed by atoms with van der Waals surface area (Å²) in [5.74, 6) is -1.44. The molecule has 0 heterocycles. The van der Waals surface area contributed by atoms with Crippen molar-refractivity contribution in [3.63, 3.8) is 0 Å². The number of carboxylic acids is 1. The first-order chi connectivity index (χ1) is 11.3. The summed E-state index contributed by atoms with van der Waals surface area (Å²) in [6, 6.07) is 9.68. The van der Waals surface area contributed by atoms with E-state index in [1.807, 2.05) is 0 Å². The molecular weight excluding hydrogens is 337 g/mol. The van der Waals surface area contributed by atoms with E-state index >= 15 is 0 Å². The summed E-state index contributed by atoms with van der Waals surface area (Å²) in [6.45, 7) is -0.105. The zero-order chi connectivity index (χ0) is 17.7. The van der Waals surface area contributed by atoms with E-state index in [0.29, 0.717) is 11.1 Å². The molecule has 0 fully saturated rings. The third-order valence-electron chi connectivity index (χ3n) is 3.23. The number of rotatable bonds is 7. The zero-order valence-corrected chi connectivity index (χ0v) is 13.6. The lowest BCUT2D eigenvalue weighted by atomic mass is 10.1. The van der Waals surface area contributed by atoms with Gasteiger partial charge in [0.15, 0.2) is 0 Å². The van der Waals surface area contributed by atoms with Gasteiger partial charge in [0, 0.05) is 6.54 Å². The van der Waals surface area contributed by atoms with Gasteiger partial charge in [-0.05, 0) is 35.4 Å². The largest absolute Gasteiger partial charge is 0.495 e. The van der Waals surface area contributed by atoms with Crippen molar-refractivity contribution in [3.8, 4) is 5.75 Å². The van der Waals surface area contributed by atoms with Crippen LogP contribution in [0.5, 0.6) is 5.75 Å². The highest BCUT2D eigenvalue weighted by Gasteiger charge is 2.20. The van der Waals surface area contributed by atoms with Crippen LogP contribution >= 0.6 is 0 Å². The Morgan fingerprint density at radius 1 is 1.21 bits per heavy atom. The summed E-state index contributed by atoms with van der Waals surface area (Å²) in [5.41, 5.74) is 0.786. The Bertz CT molecular complexity index is 851. The number of hydrogen-bond donors (Lipinski definition) is 2. The molecule has 2 aromatic carbocycles. The Hall–Kier alpha value is -2.45. The number of methoxy groups -OCH3 is 1. The van der Waals surface area contributed by atoms with Gasteiger partial charge in [-0.15, -0.1) is 0 Å². The number of hydrogen-bond acceptors (Lipinski definition) is 4. The van der Waals surface area contributed by atoms with Crippen molar-refractivity contribution < 1.29 is 27.4 Å². The number of ether oxygens (including phenoxy) is 1. The summed E-state index contributed by atoms with van der Waals surface area (Å²) < 4.78 is 45.5. The number of benzene rings is 2. The van der Waals surface area contributed by atoms with Crippen molar-refractivity contribution >= 4 is 16.0 Å². The van der Waals surface area contributed by atoms with E-state index in [0.717, 1.165) is 0 Å². The maximum absolute atomic E-state index is 13.2. The minimum absolute atomic E-state index is 0.0934. The summed E-state index contributed by atoms with van der Waals surface area (Å²) in [6.07, 6.45) is -0.309. The van der Waals surface area contributed by atoms with Crippen LogP contribution in [0.3, 0.4) is 0 Å². The highest BCUT2D eigenvalue weighted by Crippen LogP contribution is 2.25. The third kappa shape index (κ3) is 4.53. The van der Waals surface area contributed by atoms with Gasteiger partial charge in [0.25, 0.3) is 0 Å². The summed E-state index contributed by atoms with van der Waals surface area (Å²) in [5, 5.41) is 8.83. The van der Waals surface area contributed by atoms with E-state index in [1.165, 1.54) is 43.5 Å². The molecule has 0 bridgehead atoms. The van der Waals surface area contributed by atoms with Crippen LogP contribution in [0.15, 0.2) is 47.4 Å². The maximum atomic E-state index is 13.2. The van der Waals surface area contributed by atoms with Gasteiger partial charge in [0.2, 0.25) is 10.0 Å². The van der Waals surface area contributed by atoms with Gasteiger partial charge in [-0.25, -0.2) is 17.5 Å². The van der Waals surface area contributed by atoms with Gasteiger partial charge in [-0.1, -0.05) is 18.2 Å². The third-order valence-corrected chi connectivity index (χ3v) is 4.65. The highest BCUT2D eigenvalue weighted by molar-refractivity contribution is 7.89. The SMILES string of the molecule is COc1ccc(CC(=O)O)cc1S(=O)(=O)NCc1cccc(F)c1. The second kappa shape index (κ2) is 7.41. The molecule has 128 valence electrons. The van der Waals surface area contributed by atoms with Gasteiger partial charge in [0.05, 0.1) is 13.5 Å². The average molecular weight is 353 g/mol. The molecule has 0 aromatic heterocycles. The summed E-state index contributed by atoms with van der Waals surface area (Å²) in [7, 11) is -2.65. The van der Waals surface area contributed by atoms with E-state index in [9.17, 15) is 17.6 Å². The normalized spacial score (nSPS) is 11.2. The standard InChI is InChI=1S/C16H16FNO5S/c1-23-14-6-5-11(9-16(19)20)8-15(14)24(21,22)18-10-12-3-2-4-13(17)7-12/h2-8,18H,9-10H2,1H3,(H,19,20). The molecule has 2 rings (SSSR count). The molecule has 8 heteroatoms. The van der Waals surface area contributed by atoms with Crippen LogP contribution in [0.4, 0.5) is 4.39 Å². The summed E-state index contributed by atoms with van der Waals surface area (Å²) >= 11 is 0. The Labute approximate surface area is 138 Å². The molecule has 0 spiro atoms. The van der Waals surface area contributed by atoms with E-state index in [4.69, 9.17) is 9.84 Å². The second-order valence-corrected chi connectivity index (χ2v) is 6.75. The first-order valence-electron chi connectivity index (χ1n) is 6.94. The molecule has 0 saturated heterocycles. The average Bonchev–Trinajstić information content (AvgIpc) is 2.52. The molecule has 2 aromatic rings. The van der Waals surface area contributed by atoms with Gasteiger partial charge < -0.3 is 9.84 Å². The minimum atomic E-state index is -3.96. The number of nitrogens with one attached hydrogen (secondary N) is 1. The molecular formula is C16H16FNO5S. The smallest absolute Gasteiger partial charge is 0.307 e. The van der Waals surface area contributed by atoms with Crippen LogP contribution in [0, 0.1) is 5.82 Å². The predicted octanol–water partition coefficient (Wildman–Crippen LogP) is 1.94. The predicted molar refractivity (Wildman–Crippen MR) is 84.8 cm³/mol. The number of halogens is 1. The van der Waals surface area contributed by atoms with Crippen molar-refractivity contribution in [1.29, 1.82) is 0 Å². The fourth-order valence-corrected chi connectivity index (χ4v) is 3.35. The van der Waals surface area contributed by atoms with Gasteiger partial charge in [-0.2, -0.15) is 0 Å². The van der Waals surface area contributed by atoms with Crippen LogP contribution in [-0.2, 0) is 27.8 Å². The maximum Gasteiger partial charge on any atom is 0.307 e. The lowest BCUT2D eigenvalue weighted by Crippen LogP contribution is -2.24.